The molecule has 5 nitrogen and oxygen atoms in total. The van der Waals surface area contributed by atoms with Crippen LogP contribution < -0.4 is 14.8 Å². The van der Waals surface area contributed by atoms with Crippen LogP contribution in [0.4, 0.5) is 0 Å². The molecule has 0 N–H and O–H groups in total. The summed E-state index contributed by atoms with van der Waals surface area (Å²) in [5, 5.41) is 5.05. The molecule has 0 aliphatic carbocycles. The fourth-order valence-electron chi connectivity index (χ4n) is 2.70. The third kappa shape index (κ3) is 3.93. The molecule has 0 aliphatic heterocycles. The standard InChI is InChI=1S/C21H18ClN3O2S/c1-2-3-12-27-17-10-6-15(7-11-17)19-23-21-25(24-19)20(26)18(28-21)13-14-4-8-16(22)9-5-14/h4-11,13H,2-3,12H2,1H3/b18-13+. The molecule has 0 saturated carbocycles. The van der Waals surface area contributed by atoms with Crippen LogP contribution in [-0.2, 0) is 0 Å². The normalized spacial score (nSPS) is 12.0. The van der Waals surface area contributed by atoms with Crippen molar-refractivity contribution < 1.29 is 4.74 Å². The Hall–Kier alpha value is -2.70. The van der Waals surface area contributed by atoms with Gasteiger partial charge in [0.1, 0.15) is 5.75 Å². The molecule has 0 radical (unpaired) electrons. The lowest BCUT2D eigenvalue weighted by molar-refractivity contribution is 0.309. The molecule has 28 heavy (non-hydrogen) atoms. The quantitative estimate of drug-likeness (QED) is 0.446. The maximum absolute atomic E-state index is 12.6. The molecule has 142 valence electrons. The van der Waals surface area contributed by atoms with E-state index in [0.29, 0.717) is 26.9 Å². The summed E-state index contributed by atoms with van der Waals surface area (Å²) < 4.78 is 7.61. The minimum atomic E-state index is -0.173. The van der Waals surface area contributed by atoms with E-state index in [9.17, 15) is 4.79 Å². The van der Waals surface area contributed by atoms with Crippen molar-refractivity contribution in [2.75, 3.05) is 6.61 Å². The van der Waals surface area contributed by atoms with Crippen molar-refractivity contribution >= 4 is 34.0 Å². The zero-order valence-electron chi connectivity index (χ0n) is 15.3. The Balaban J connectivity index is 1.61. The van der Waals surface area contributed by atoms with Crippen LogP contribution in [0.25, 0.3) is 22.4 Å². The maximum atomic E-state index is 12.6. The van der Waals surface area contributed by atoms with E-state index < -0.39 is 0 Å². The maximum Gasteiger partial charge on any atom is 0.291 e. The molecule has 2 aromatic heterocycles. The Morgan fingerprint density at radius 3 is 2.57 bits per heavy atom. The lowest BCUT2D eigenvalue weighted by atomic mass is 10.2. The van der Waals surface area contributed by atoms with Crippen molar-refractivity contribution in [3.63, 3.8) is 0 Å². The van der Waals surface area contributed by atoms with Crippen LogP contribution in [0, 0.1) is 0 Å². The summed E-state index contributed by atoms with van der Waals surface area (Å²) in [6.45, 7) is 2.84. The molecule has 0 atom stereocenters. The smallest absolute Gasteiger partial charge is 0.291 e. The van der Waals surface area contributed by atoms with Crippen LogP contribution in [0.1, 0.15) is 25.3 Å². The first-order valence-electron chi connectivity index (χ1n) is 9.04. The monoisotopic (exact) mass is 411 g/mol. The highest BCUT2D eigenvalue weighted by atomic mass is 35.5. The number of ether oxygens (including phenoxy) is 1. The van der Waals surface area contributed by atoms with Crippen molar-refractivity contribution in [3.05, 3.63) is 74.0 Å². The van der Waals surface area contributed by atoms with E-state index in [-0.39, 0.29) is 5.56 Å². The topological polar surface area (TPSA) is 56.5 Å². The van der Waals surface area contributed by atoms with Crippen molar-refractivity contribution in [2.24, 2.45) is 0 Å². The largest absolute Gasteiger partial charge is 0.494 e. The van der Waals surface area contributed by atoms with Crippen molar-refractivity contribution in [2.45, 2.75) is 19.8 Å². The van der Waals surface area contributed by atoms with Crippen molar-refractivity contribution in [1.29, 1.82) is 0 Å². The first-order chi connectivity index (χ1) is 13.6. The number of benzene rings is 2. The number of hydrogen-bond acceptors (Lipinski definition) is 5. The van der Waals surface area contributed by atoms with Gasteiger partial charge in [0.05, 0.1) is 11.1 Å². The summed E-state index contributed by atoms with van der Waals surface area (Å²) in [5.41, 5.74) is 1.58. The zero-order valence-corrected chi connectivity index (χ0v) is 16.8. The van der Waals surface area contributed by atoms with Crippen LogP contribution in [0.15, 0.2) is 53.3 Å². The molecule has 0 saturated heterocycles. The average Bonchev–Trinajstić information content (AvgIpc) is 3.24. The summed E-state index contributed by atoms with van der Waals surface area (Å²) in [4.78, 5) is 17.7. The highest BCUT2D eigenvalue weighted by Crippen LogP contribution is 2.20. The van der Waals surface area contributed by atoms with E-state index in [2.05, 4.69) is 17.0 Å². The lowest BCUT2D eigenvalue weighted by Gasteiger charge is -2.05. The van der Waals surface area contributed by atoms with Crippen LogP contribution in [0.3, 0.4) is 0 Å². The number of unbranched alkanes of at least 4 members (excludes halogenated alkanes) is 1. The molecule has 0 spiro atoms. The molecule has 0 unspecified atom stereocenters. The van der Waals surface area contributed by atoms with Gasteiger partial charge >= 0.3 is 0 Å². The molecule has 7 heteroatoms. The Bertz CT molecular complexity index is 1200. The predicted octanol–water partition coefficient (Wildman–Crippen LogP) is 4.20. The molecule has 4 aromatic rings. The Kier molecular flexibility index (Phi) is 5.41. The second kappa shape index (κ2) is 8.12. The summed E-state index contributed by atoms with van der Waals surface area (Å²) in [6.07, 6.45) is 3.95. The molecular weight excluding hydrogens is 394 g/mol. The van der Waals surface area contributed by atoms with Gasteiger partial charge in [0.25, 0.3) is 5.56 Å². The van der Waals surface area contributed by atoms with E-state index in [1.165, 1.54) is 15.9 Å². The highest BCUT2D eigenvalue weighted by molar-refractivity contribution is 7.15. The number of aromatic nitrogens is 3. The molecule has 0 amide bonds. The van der Waals surface area contributed by atoms with Gasteiger partial charge < -0.3 is 4.74 Å². The summed E-state index contributed by atoms with van der Waals surface area (Å²) in [5.74, 6) is 1.35. The molecule has 0 fully saturated rings. The van der Waals surface area contributed by atoms with Crippen molar-refractivity contribution in [1.82, 2.24) is 14.6 Å². The second-order valence-corrected chi connectivity index (χ2v) is 7.77. The number of thiazole rings is 1. The van der Waals surface area contributed by atoms with E-state index in [1.54, 1.807) is 12.1 Å². The van der Waals surface area contributed by atoms with Crippen LogP contribution >= 0.6 is 22.9 Å². The molecule has 4 rings (SSSR count). The molecular formula is C21H18ClN3O2S. The zero-order chi connectivity index (χ0) is 19.5. The first-order valence-corrected chi connectivity index (χ1v) is 10.2. The van der Waals surface area contributed by atoms with Crippen LogP contribution in [-0.4, -0.2) is 21.2 Å². The first kappa shape index (κ1) is 18.7. The number of fused-ring (bicyclic) bond motifs is 1. The second-order valence-electron chi connectivity index (χ2n) is 6.32. The van der Waals surface area contributed by atoms with Gasteiger partial charge in [0, 0.05) is 10.6 Å². The van der Waals surface area contributed by atoms with Gasteiger partial charge in [-0.05, 0) is 54.5 Å². The molecule has 2 aromatic carbocycles. The fraction of sp³-hybridized carbons (Fsp3) is 0.190. The van der Waals surface area contributed by atoms with Gasteiger partial charge in [-0.3, -0.25) is 4.79 Å². The highest BCUT2D eigenvalue weighted by Gasteiger charge is 2.12. The summed E-state index contributed by atoms with van der Waals surface area (Å²) in [6, 6.07) is 14.9. The minimum Gasteiger partial charge on any atom is -0.494 e. The molecule has 2 heterocycles. The van der Waals surface area contributed by atoms with E-state index in [4.69, 9.17) is 16.3 Å². The van der Waals surface area contributed by atoms with Crippen LogP contribution in [0.5, 0.6) is 5.75 Å². The number of hydrogen-bond donors (Lipinski definition) is 0. The van der Waals surface area contributed by atoms with Gasteiger partial charge in [0.15, 0.2) is 5.82 Å². The lowest BCUT2D eigenvalue weighted by Crippen LogP contribution is -2.23. The van der Waals surface area contributed by atoms with Gasteiger partial charge in [-0.2, -0.15) is 9.50 Å². The fourth-order valence-corrected chi connectivity index (χ4v) is 3.73. The average molecular weight is 412 g/mol. The Morgan fingerprint density at radius 1 is 1.14 bits per heavy atom. The number of halogens is 1. The minimum absolute atomic E-state index is 0.173. The summed E-state index contributed by atoms with van der Waals surface area (Å²) >= 11 is 7.22. The van der Waals surface area contributed by atoms with Gasteiger partial charge in [-0.1, -0.05) is 48.4 Å². The Morgan fingerprint density at radius 2 is 1.89 bits per heavy atom. The summed E-state index contributed by atoms with van der Waals surface area (Å²) in [7, 11) is 0. The Labute approximate surface area is 170 Å². The predicted molar refractivity (Wildman–Crippen MR) is 113 cm³/mol. The van der Waals surface area contributed by atoms with Crippen LogP contribution in [0.2, 0.25) is 5.02 Å². The van der Waals surface area contributed by atoms with Gasteiger partial charge in [0.2, 0.25) is 4.96 Å². The third-order valence-corrected chi connectivity index (χ3v) is 5.44. The van der Waals surface area contributed by atoms with Crippen molar-refractivity contribution in [3.8, 4) is 17.1 Å². The molecule has 0 bridgehead atoms. The number of nitrogens with zero attached hydrogens (tertiary/aromatic N) is 3. The van der Waals surface area contributed by atoms with E-state index >= 15 is 0 Å². The van der Waals surface area contributed by atoms with Gasteiger partial charge in [-0.25, -0.2) is 0 Å². The van der Waals surface area contributed by atoms with Gasteiger partial charge in [-0.15, -0.1) is 5.10 Å². The third-order valence-electron chi connectivity index (χ3n) is 4.23. The van der Waals surface area contributed by atoms with E-state index in [0.717, 1.165) is 29.7 Å². The SMILES string of the molecule is CCCCOc1ccc(-c2nc3s/c(=C/c4ccc(Cl)cc4)c(=O)n3n2)cc1. The number of rotatable bonds is 6. The van der Waals surface area contributed by atoms with E-state index in [1.807, 2.05) is 42.5 Å². The molecule has 0 aliphatic rings.